The Kier molecular flexibility index (Phi) is 9.59. The monoisotopic (exact) mass is 432 g/mol. The lowest BCUT2D eigenvalue weighted by molar-refractivity contribution is 0.154. The van der Waals surface area contributed by atoms with E-state index in [-0.39, 0.29) is 18.2 Å². The molecule has 1 unspecified atom stereocenters. The maximum atomic E-state index is 11.5. The molecular formula is C18H23B2N2O5PS. The highest BCUT2D eigenvalue weighted by Gasteiger charge is 2.23. The number of rotatable bonds is 6. The number of aryl methyl sites for hydroxylation is 3. The number of methoxy groups -OCH3 is 1. The highest BCUT2D eigenvalue weighted by molar-refractivity contribution is 7.71. The van der Waals surface area contributed by atoms with E-state index >= 15 is 0 Å². The van der Waals surface area contributed by atoms with Crippen LogP contribution in [0.3, 0.4) is 0 Å². The largest absolute Gasteiger partial charge is 0.426 e. The summed E-state index contributed by atoms with van der Waals surface area (Å²) in [5, 5.41) is 0. The summed E-state index contributed by atoms with van der Waals surface area (Å²) in [4.78, 5) is 14.0. The topological polar surface area (TPSA) is 74.7 Å². The lowest BCUT2D eigenvalue weighted by atomic mass is 9.97. The van der Waals surface area contributed by atoms with E-state index < -0.39 is 8.60 Å². The first kappa shape index (κ1) is 23.8. The van der Waals surface area contributed by atoms with Gasteiger partial charge in [-0.2, -0.15) is 0 Å². The summed E-state index contributed by atoms with van der Waals surface area (Å²) < 4.78 is 22.9. The van der Waals surface area contributed by atoms with Crippen LogP contribution < -0.4 is 10.2 Å². The van der Waals surface area contributed by atoms with Crippen molar-refractivity contribution in [3.05, 3.63) is 56.2 Å². The minimum absolute atomic E-state index is 0.118. The molecule has 0 fully saturated rings. The van der Waals surface area contributed by atoms with Crippen LogP contribution in [0.4, 0.5) is 0 Å². The maximum absolute atomic E-state index is 11.5. The standard InChI is InChI=1S/C9H13BN2O2S.C9H10BO3P/c1-6-5-12(4-3-7(10)14-2)9(13)11-8(6)15;1-7-3-2-4-8-5-11-14(12-6-10)13-9(7)8/h5,7H,3-4H2,1-2H3,(H,11,13,15);2-4H,5-6H2,1H3/t7-;/m0./s1. The number of fused-ring (bicyclic) bond motifs is 1. The van der Waals surface area contributed by atoms with Gasteiger partial charge in [0, 0.05) is 43.5 Å². The van der Waals surface area contributed by atoms with E-state index in [0.29, 0.717) is 24.2 Å². The van der Waals surface area contributed by atoms with Crippen molar-refractivity contribution < 1.29 is 18.3 Å². The van der Waals surface area contributed by atoms with Crippen LogP contribution in [0.25, 0.3) is 0 Å². The first-order chi connectivity index (χ1) is 13.8. The Morgan fingerprint density at radius 1 is 1.38 bits per heavy atom. The zero-order valence-corrected chi connectivity index (χ0v) is 18.4. The molecular weight excluding hydrogens is 409 g/mol. The number of hydrogen-bond acceptors (Lipinski definition) is 6. The van der Waals surface area contributed by atoms with Gasteiger partial charge in [0.15, 0.2) is 0 Å². The van der Waals surface area contributed by atoms with Gasteiger partial charge in [0.2, 0.25) is 0 Å². The van der Waals surface area contributed by atoms with Crippen molar-refractivity contribution in [1.29, 1.82) is 0 Å². The molecule has 2 aromatic rings. The molecule has 2 atom stereocenters. The molecule has 0 aliphatic carbocycles. The van der Waals surface area contributed by atoms with Crippen molar-refractivity contribution in [2.75, 3.05) is 13.6 Å². The Bertz CT molecular complexity index is 924. The molecule has 0 saturated carbocycles. The molecule has 0 amide bonds. The van der Waals surface area contributed by atoms with E-state index in [4.69, 9.17) is 46.2 Å². The molecule has 1 aromatic heterocycles. The fourth-order valence-electron chi connectivity index (χ4n) is 2.47. The first-order valence-electron chi connectivity index (χ1n) is 8.97. The molecule has 0 spiro atoms. The highest BCUT2D eigenvalue weighted by atomic mass is 32.1. The number of benzene rings is 1. The number of nitrogens with zero attached hydrogens (tertiary/aromatic N) is 1. The van der Waals surface area contributed by atoms with Gasteiger partial charge in [0.25, 0.3) is 0 Å². The van der Waals surface area contributed by atoms with Gasteiger partial charge in [-0.25, -0.2) is 4.79 Å². The van der Waals surface area contributed by atoms with Crippen LogP contribution in [-0.4, -0.2) is 44.9 Å². The second kappa shape index (κ2) is 11.7. The molecule has 152 valence electrons. The molecule has 2 heterocycles. The van der Waals surface area contributed by atoms with Gasteiger partial charge in [0.1, 0.15) is 26.1 Å². The Morgan fingerprint density at radius 2 is 2.14 bits per heavy atom. The zero-order valence-electron chi connectivity index (χ0n) is 16.7. The third-order valence-electron chi connectivity index (χ3n) is 4.11. The molecule has 1 N–H and O–H groups in total. The van der Waals surface area contributed by atoms with Crippen molar-refractivity contribution >= 4 is 36.5 Å². The summed E-state index contributed by atoms with van der Waals surface area (Å²) in [6.45, 7) is 5.02. The zero-order chi connectivity index (χ0) is 21.4. The van der Waals surface area contributed by atoms with Crippen molar-refractivity contribution in [3.63, 3.8) is 0 Å². The van der Waals surface area contributed by atoms with E-state index in [1.165, 1.54) is 7.11 Å². The molecule has 1 aliphatic heterocycles. The van der Waals surface area contributed by atoms with Crippen LogP contribution in [0, 0.1) is 18.5 Å². The van der Waals surface area contributed by atoms with Gasteiger partial charge >= 0.3 is 14.3 Å². The van der Waals surface area contributed by atoms with Gasteiger partial charge in [-0.3, -0.25) is 9.51 Å². The molecule has 1 aliphatic rings. The van der Waals surface area contributed by atoms with Gasteiger partial charge in [0.05, 0.1) is 6.61 Å². The van der Waals surface area contributed by atoms with Crippen molar-refractivity contribution in [1.82, 2.24) is 9.55 Å². The third kappa shape index (κ3) is 7.08. The van der Waals surface area contributed by atoms with Crippen LogP contribution in [0.5, 0.6) is 5.75 Å². The molecule has 7 nitrogen and oxygen atoms in total. The number of ether oxygens (including phenoxy) is 1. The summed E-state index contributed by atoms with van der Waals surface area (Å²) in [6, 6.07) is 5.62. The number of hydrogen-bond donors (Lipinski definition) is 1. The fourth-order valence-corrected chi connectivity index (χ4v) is 3.57. The van der Waals surface area contributed by atoms with Crippen molar-refractivity contribution in [2.24, 2.45) is 0 Å². The number of aromatic amines is 1. The van der Waals surface area contributed by atoms with Crippen LogP contribution in [-0.2, 0) is 26.9 Å². The number of H-pyrrole nitrogens is 1. The highest BCUT2D eigenvalue weighted by Crippen LogP contribution is 2.47. The van der Waals surface area contributed by atoms with Crippen LogP contribution in [0.15, 0.2) is 29.2 Å². The Labute approximate surface area is 179 Å². The predicted molar refractivity (Wildman–Crippen MR) is 117 cm³/mol. The Balaban J connectivity index is 0.000000207. The fraction of sp³-hybridized carbons (Fsp3) is 0.444. The molecule has 11 heteroatoms. The number of aromatic nitrogens is 2. The van der Waals surface area contributed by atoms with Crippen molar-refractivity contribution in [3.8, 4) is 5.75 Å². The van der Waals surface area contributed by atoms with E-state index in [1.54, 1.807) is 10.8 Å². The SMILES string of the molecule is [B]COP1OCc2cccc(C)c2O1.[B][C@H](CCn1cc(C)c(=S)[nH]c1=O)OC. The molecule has 0 bridgehead atoms. The van der Waals surface area contributed by atoms with Crippen LogP contribution >= 0.6 is 20.8 Å². The minimum atomic E-state index is -1.30. The van der Waals surface area contributed by atoms with Crippen LogP contribution in [0.1, 0.15) is 23.1 Å². The van der Waals surface area contributed by atoms with Crippen molar-refractivity contribution in [2.45, 2.75) is 39.4 Å². The lowest BCUT2D eigenvalue weighted by Gasteiger charge is -2.24. The molecule has 4 radical (unpaired) electrons. The molecule has 1 aromatic carbocycles. The Morgan fingerprint density at radius 3 is 2.83 bits per heavy atom. The average molecular weight is 432 g/mol. The molecule has 29 heavy (non-hydrogen) atoms. The third-order valence-corrected chi connectivity index (χ3v) is 5.57. The van der Waals surface area contributed by atoms with Gasteiger partial charge in [-0.1, -0.05) is 30.4 Å². The van der Waals surface area contributed by atoms with E-state index in [2.05, 4.69) is 4.98 Å². The normalized spacial score (nSPS) is 16.2. The maximum Gasteiger partial charge on any atom is 0.396 e. The van der Waals surface area contributed by atoms with E-state index in [0.717, 1.165) is 22.4 Å². The smallest absolute Gasteiger partial charge is 0.396 e. The quantitative estimate of drug-likeness (QED) is 0.430. The Hall–Kier alpha value is -1.44. The lowest BCUT2D eigenvalue weighted by Crippen LogP contribution is -2.25. The summed E-state index contributed by atoms with van der Waals surface area (Å²) >= 11 is 4.94. The predicted octanol–water partition coefficient (Wildman–Crippen LogP) is 3.02. The average Bonchev–Trinajstić information content (AvgIpc) is 2.71. The van der Waals surface area contributed by atoms with E-state index in [9.17, 15) is 4.79 Å². The summed E-state index contributed by atoms with van der Waals surface area (Å²) in [5.74, 6) is 0.873. The first-order valence-corrected chi connectivity index (χ1v) is 10.5. The molecule has 0 saturated heterocycles. The molecule has 3 rings (SSSR count). The van der Waals surface area contributed by atoms with Gasteiger partial charge in [-0.05, 0) is 25.8 Å². The van der Waals surface area contributed by atoms with E-state index in [1.807, 2.05) is 32.0 Å². The summed E-state index contributed by atoms with van der Waals surface area (Å²) in [7, 11) is 11.1. The minimum Gasteiger partial charge on any atom is -0.426 e. The van der Waals surface area contributed by atoms with Gasteiger partial charge in [-0.15, -0.1) is 0 Å². The number of nitrogens with one attached hydrogen (secondary N) is 1. The summed E-state index contributed by atoms with van der Waals surface area (Å²) in [6.07, 6.45) is 2.31. The summed E-state index contributed by atoms with van der Waals surface area (Å²) in [5.41, 5.74) is 2.81. The van der Waals surface area contributed by atoms with Gasteiger partial charge < -0.3 is 18.4 Å². The number of para-hydroxylation sites is 1. The second-order valence-corrected chi connectivity index (χ2v) is 7.83. The second-order valence-electron chi connectivity index (χ2n) is 6.27. The van der Waals surface area contributed by atoms with Crippen LogP contribution in [0.2, 0.25) is 0 Å².